The van der Waals surface area contributed by atoms with Crippen LogP contribution >= 0.6 is 0 Å². The Morgan fingerprint density at radius 3 is 2.29 bits per heavy atom. The van der Waals surface area contributed by atoms with E-state index in [1.54, 1.807) is 6.07 Å². The Kier molecular flexibility index (Phi) is 4.22. The first kappa shape index (κ1) is 15.4. The zero-order chi connectivity index (χ0) is 15.5. The molecule has 2 N–H and O–H groups in total. The predicted octanol–water partition coefficient (Wildman–Crippen LogP) is 1.53. The van der Waals surface area contributed by atoms with Crippen molar-refractivity contribution in [2.75, 3.05) is 13.2 Å². The molecule has 0 aliphatic carbocycles. The topological polar surface area (TPSA) is 75.6 Å². The summed E-state index contributed by atoms with van der Waals surface area (Å²) in [5, 5.41) is 11.3. The molecule has 0 saturated carbocycles. The standard InChI is InChI=1S/C14H15F2NO4/c15-14(16,10-4-2-1-3-5-10)11(18)17-13(12(19)20)6-8-21-9-7-13/h1-5H,6-9H2,(H,17,18)(H,19,20). The maximum atomic E-state index is 14.1. The quantitative estimate of drug-likeness (QED) is 0.884. The highest BCUT2D eigenvalue weighted by Gasteiger charge is 2.48. The van der Waals surface area contributed by atoms with Gasteiger partial charge in [0, 0.05) is 31.6 Å². The average Bonchev–Trinajstić information content (AvgIpc) is 2.49. The number of carbonyl (C=O) groups is 2. The lowest BCUT2D eigenvalue weighted by atomic mass is 9.89. The number of carbonyl (C=O) groups excluding carboxylic acids is 1. The second-order valence-electron chi connectivity index (χ2n) is 4.89. The fourth-order valence-corrected chi connectivity index (χ4v) is 2.19. The van der Waals surface area contributed by atoms with Crippen LogP contribution < -0.4 is 5.32 Å². The number of carboxylic acid groups (broad SMARTS) is 1. The molecule has 114 valence electrons. The van der Waals surface area contributed by atoms with E-state index < -0.39 is 28.9 Å². The monoisotopic (exact) mass is 299 g/mol. The van der Waals surface area contributed by atoms with E-state index in [2.05, 4.69) is 0 Å². The lowest BCUT2D eigenvalue weighted by molar-refractivity contribution is -0.160. The Morgan fingerprint density at radius 2 is 1.76 bits per heavy atom. The van der Waals surface area contributed by atoms with Crippen molar-refractivity contribution in [1.29, 1.82) is 0 Å². The summed E-state index contributed by atoms with van der Waals surface area (Å²) >= 11 is 0. The summed E-state index contributed by atoms with van der Waals surface area (Å²) in [5.41, 5.74) is -2.18. The highest BCUT2D eigenvalue weighted by Crippen LogP contribution is 2.30. The summed E-state index contributed by atoms with van der Waals surface area (Å²) in [7, 11) is 0. The predicted molar refractivity (Wildman–Crippen MR) is 68.9 cm³/mol. The number of aliphatic carboxylic acids is 1. The molecule has 1 amide bonds. The van der Waals surface area contributed by atoms with E-state index in [1.165, 1.54) is 12.1 Å². The molecule has 0 atom stereocenters. The molecule has 1 heterocycles. The fourth-order valence-electron chi connectivity index (χ4n) is 2.19. The van der Waals surface area contributed by atoms with Crippen molar-refractivity contribution in [3.8, 4) is 0 Å². The number of halogens is 2. The highest BCUT2D eigenvalue weighted by molar-refractivity contribution is 5.91. The molecular weight excluding hydrogens is 284 g/mol. The average molecular weight is 299 g/mol. The number of rotatable bonds is 4. The maximum Gasteiger partial charge on any atom is 0.349 e. The normalized spacial score (nSPS) is 18.0. The molecule has 0 radical (unpaired) electrons. The van der Waals surface area contributed by atoms with E-state index in [9.17, 15) is 23.5 Å². The van der Waals surface area contributed by atoms with E-state index >= 15 is 0 Å². The van der Waals surface area contributed by atoms with Crippen molar-refractivity contribution in [1.82, 2.24) is 5.32 Å². The van der Waals surface area contributed by atoms with Gasteiger partial charge in [-0.25, -0.2) is 4.79 Å². The molecule has 0 bridgehead atoms. The van der Waals surface area contributed by atoms with Gasteiger partial charge < -0.3 is 15.2 Å². The number of hydrogen-bond acceptors (Lipinski definition) is 3. The minimum absolute atomic E-state index is 0.0427. The SMILES string of the molecule is O=C(O)C1(NC(=O)C(F)(F)c2ccccc2)CCOCC1. The molecule has 1 aromatic rings. The Morgan fingerprint density at radius 1 is 1.19 bits per heavy atom. The van der Waals surface area contributed by atoms with Crippen LogP contribution in [0.5, 0.6) is 0 Å². The molecule has 5 nitrogen and oxygen atoms in total. The van der Waals surface area contributed by atoms with Crippen LogP contribution in [0.25, 0.3) is 0 Å². The van der Waals surface area contributed by atoms with Crippen molar-refractivity contribution >= 4 is 11.9 Å². The molecule has 7 heteroatoms. The largest absolute Gasteiger partial charge is 0.480 e. The molecule has 1 aliphatic rings. The van der Waals surface area contributed by atoms with Crippen LogP contribution in [0, 0.1) is 0 Å². The van der Waals surface area contributed by atoms with Crippen LogP contribution in [0.2, 0.25) is 0 Å². The number of alkyl halides is 2. The van der Waals surface area contributed by atoms with Crippen LogP contribution in [-0.4, -0.2) is 35.7 Å². The van der Waals surface area contributed by atoms with Gasteiger partial charge in [-0.05, 0) is 0 Å². The van der Waals surface area contributed by atoms with E-state index in [1.807, 2.05) is 5.32 Å². The Bertz CT molecular complexity index is 527. The summed E-state index contributed by atoms with van der Waals surface area (Å²) in [6, 6.07) is 6.57. The summed E-state index contributed by atoms with van der Waals surface area (Å²) in [6.45, 7) is 0.201. The van der Waals surface area contributed by atoms with Crippen LogP contribution in [0.15, 0.2) is 30.3 Å². The Labute approximate surface area is 119 Å². The van der Waals surface area contributed by atoms with Crippen molar-refractivity contribution in [3.05, 3.63) is 35.9 Å². The second-order valence-corrected chi connectivity index (χ2v) is 4.89. The minimum Gasteiger partial charge on any atom is -0.480 e. The van der Waals surface area contributed by atoms with Crippen molar-refractivity contribution in [2.24, 2.45) is 0 Å². The van der Waals surface area contributed by atoms with Crippen molar-refractivity contribution in [3.63, 3.8) is 0 Å². The maximum absolute atomic E-state index is 14.1. The number of carboxylic acids is 1. The number of nitrogens with one attached hydrogen (secondary N) is 1. The van der Waals surface area contributed by atoms with Gasteiger partial charge in [0.25, 0.3) is 5.91 Å². The molecule has 21 heavy (non-hydrogen) atoms. The van der Waals surface area contributed by atoms with Crippen LogP contribution in [0.3, 0.4) is 0 Å². The first-order chi connectivity index (χ1) is 9.88. The van der Waals surface area contributed by atoms with Gasteiger partial charge in [0.1, 0.15) is 5.54 Å². The number of ether oxygens (including phenoxy) is 1. The summed E-state index contributed by atoms with van der Waals surface area (Å²) in [4.78, 5) is 23.2. The fraction of sp³-hybridized carbons (Fsp3) is 0.429. The van der Waals surface area contributed by atoms with Crippen LogP contribution in [-0.2, 0) is 20.2 Å². The van der Waals surface area contributed by atoms with Gasteiger partial charge in [-0.2, -0.15) is 8.78 Å². The van der Waals surface area contributed by atoms with Crippen LogP contribution in [0.1, 0.15) is 18.4 Å². The molecular formula is C14H15F2NO4. The first-order valence-corrected chi connectivity index (χ1v) is 6.45. The lowest BCUT2D eigenvalue weighted by Gasteiger charge is -2.34. The van der Waals surface area contributed by atoms with Gasteiger partial charge in [-0.3, -0.25) is 4.79 Å². The summed E-state index contributed by atoms with van der Waals surface area (Å²) < 4.78 is 33.2. The third kappa shape index (κ3) is 3.02. The van der Waals surface area contributed by atoms with E-state index in [4.69, 9.17) is 4.74 Å². The summed E-state index contributed by atoms with van der Waals surface area (Å²) in [6.07, 6.45) is -0.0854. The zero-order valence-corrected chi connectivity index (χ0v) is 11.1. The van der Waals surface area contributed by atoms with Crippen molar-refractivity contribution in [2.45, 2.75) is 24.3 Å². The molecule has 0 spiro atoms. The van der Waals surface area contributed by atoms with Gasteiger partial charge in [0.15, 0.2) is 0 Å². The van der Waals surface area contributed by atoms with E-state index in [-0.39, 0.29) is 26.1 Å². The van der Waals surface area contributed by atoms with Gasteiger partial charge in [-0.1, -0.05) is 30.3 Å². The second kappa shape index (κ2) is 5.77. The molecule has 1 aromatic carbocycles. The zero-order valence-electron chi connectivity index (χ0n) is 11.1. The third-order valence-corrected chi connectivity index (χ3v) is 3.53. The molecule has 2 rings (SSSR count). The van der Waals surface area contributed by atoms with E-state index in [0.717, 1.165) is 12.1 Å². The molecule has 0 unspecified atom stereocenters. The highest BCUT2D eigenvalue weighted by atomic mass is 19.3. The number of hydrogen-bond donors (Lipinski definition) is 2. The van der Waals surface area contributed by atoms with Gasteiger partial charge in [-0.15, -0.1) is 0 Å². The third-order valence-electron chi connectivity index (χ3n) is 3.53. The van der Waals surface area contributed by atoms with Crippen LogP contribution in [0.4, 0.5) is 8.78 Å². The first-order valence-electron chi connectivity index (χ1n) is 6.45. The number of benzene rings is 1. The van der Waals surface area contributed by atoms with Gasteiger partial charge in [0.05, 0.1) is 0 Å². The molecule has 1 aliphatic heterocycles. The molecule has 0 aromatic heterocycles. The Balaban J connectivity index is 2.21. The van der Waals surface area contributed by atoms with E-state index in [0.29, 0.717) is 0 Å². The summed E-state index contributed by atoms with van der Waals surface area (Å²) in [5.74, 6) is -6.73. The van der Waals surface area contributed by atoms with Gasteiger partial charge in [0.2, 0.25) is 0 Å². The Hall–Kier alpha value is -2.02. The molecule has 1 saturated heterocycles. The molecule has 1 fully saturated rings. The smallest absolute Gasteiger partial charge is 0.349 e. The minimum atomic E-state index is -3.79. The van der Waals surface area contributed by atoms with Crippen molar-refractivity contribution < 1.29 is 28.2 Å². The number of amides is 1. The van der Waals surface area contributed by atoms with Gasteiger partial charge >= 0.3 is 11.9 Å². The lowest BCUT2D eigenvalue weighted by Crippen LogP contribution is -2.60.